The van der Waals surface area contributed by atoms with Crippen LogP contribution in [0.1, 0.15) is 40.3 Å². The van der Waals surface area contributed by atoms with E-state index in [1.807, 2.05) is 47.0 Å². The molecule has 0 fully saturated rings. The molecule has 2 aliphatic rings. The maximum absolute atomic E-state index is 14.2. The van der Waals surface area contributed by atoms with Gasteiger partial charge in [-0.25, -0.2) is 4.99 Å². The molecule has 1 aliphatic carbocycles. The average Bonchev–Trinajstić information content (AvgIpc) is 3.37. The molecule has 8 rings (SSSR count). The molecule has 4 nitrogen and oxygen atoms in total. The molecular formula is C38H27BrN2O2S. The lowest BCUT2D eigenvalue weighted by Crippen LogP contribution is -2.38. The minimum Gasteiger partial charge on any atom is -0.488 e. The number of rotatable bonds is 5. The summed E-state index contributed by atoms with van der Waals surface area (Å²) < 4.78 is 9.94. The number of ether oxygens (including phenoxy) is 1. The van der Waals surface area contributed by atoms with E-state index >= 15 is 0 Å². The normalized spacial score (nSPS) is 15.8. The monoisotopic (exact) mass is 654 g/mol. The number of aromatic nitrogens is 1. The van der Waals surface area contributed by atoms with Crippen LogP contribution in [0.25, 0.3) is 22.5 Å². The van der Waals surface area contributed by atoms with Crippen LogP contribution in [0, 0.1) is 0 Å². The van der Waals surface area contributed by atoms with Gasteiger partial charge in [-0.3, -0.25) is 9.36 Å². The van der Waals surface area contributed by atoms with Crippen molar-refractivity contribution in [2.24, 2.45) is 4.99 Å². The van der Waals surface area contributed by atoms with E-state index in [1.165, 1.54) is 38.8 Å². The summed E-state index contributed by atoms with van der Waals surface area (Å²) in [4.78, 5) is 20.1. The number of aryl methyl sites for hydroxylation is 1. The number of para-hydroxylation sites is 1. The van der Waals surface area contributed by atoms with E-state index in [0.29, 0.717) is 11.1 Å². The first-order chi connectivity index (χ1) is 21.6. The molecule has 1 aliphatic heterocycles. The molecule has 0 spiro atoms. The van der Waals surface area contributed by atoms with Gasteiger partial charge in [-0.15, -0.1) is 0 Å². The molecule has 5 aromatic carbocycles. The SMILES string of the molecule is O=c1/c(=C/c2ccccc2OCc2cccc3ccccc23)sc2n1[C@H](c1ccc(Br)cc1)C1=C(N=2)c2ccccc2CC1. The second kappa shape index (κ2) is 11.2. The third-order valence-corrected chi connectivity index (χ3v) is 10.0. The van der Waals surface area contributed by atoms with Gasteiger partial charge in [0.25, 0.3) is 5.56 Å². The molecule has 6 heteroatoms. The van der Waals surface area contributed by atoms with Crippen LogP contribution in [-0.4, -0.2) is 4.57 Å². The molecule has 0 unspecified atom stereocenters. The van der Waals surface area contributed by atoms with Gasteiger partial charge in [-0.05, 0) is 70.2 Å². The Morgan fingerprint density at radius 3 is 2.55 bits per heavy atom. The predicted octanol–water partition coefficient (Wildman–Crippen LogP) is 7.81. The zero-order valence-corrected chi connectivity index (χ0v) is 26.1. The van der Waals surface area contributed by atoms with Crippen molar-refractivity contribution in [1.82, 2.24) is 4.57 Å². The lowest BCUT2D eigenvalue weighted by Gasteiger charge is -2.30. The highest BCUT2D eigenvalue weighted by Gasteiger charge is 2.32. The van der Waals surface area contributed by atoms with Gasteiger partial charge >= 0.3 is 0 Å². The van der Waals surface area contributed by atoms with Crippen LogP contribution in [0.4, 0.5) is 0 Å². The number of allylic oxidation sites excluding steroid dienone is 1. The Morgan fingerprint density at radius 2 is 1.64 bits per heavy atom. The molecule has 6 aromatic rings. The summed E-state index contributed by atoms with van der Waals surface area (Å²) in [6.07, 6.45) is 3.76. The van der Waals surface area contributed by atoms with Gasteiger partial charge < -0.3 is 4.74 Å². The second-order valence-corrected chi connectivity index (χ2v) is 13.1. The predicted molar refractivity (Wildman–Crippen MR) is 182 cm³/mol. The molecule has 214 valence electrons. The summed E-state index contributed by atoms with van der Waals surface area (Å²) in [5.41, 5.74) is 7.72. The number of thiazole rings is 1. The quantitative estimate of drug-likeness (QED) is 0.190. The largest absolute Gasteiger partial charge is 0.488 e. The molecule has 0 saturated heterocycles. The zero-order chi connectivity index (χ0) is 29.6. The molecule has 0 amide bonds. The number of hydrogen-bond acceptors (Lipinski definition) is 4. The number of fused-ring (bicyclic) bond motifs is 4. The van der Waals surface area contributed by atoms with E-state index in [9.17, 15) is 4.79 Å². The van der Waals surface area contributed by atoms with Crippen LogP contribution in [0.2, 0.25) is 0 Å². The standard InChI is InChI=1S/C38H27BrN2O2S/c39-29-19-16-26(17-20-29)36-32-21-18-25-9-2-5-14-31(25)35(32)40-38-41(36)37(42)34(44-38)22-27-10-3-6-15-33(27)43-23-28-12-7-11-24-8-1-4-13-30(24)28/h1-17,19-20,22,36H,18,21,23H2/b34-22-/t36-/m1/s1. The van der Waals surface area contributed by atoms with E-state index in [-0.39, 0.29) is 11.6 Å². The fourth-order valence-corrected chi connectivity index (χ4v) is 7.67. The second-order valence-electron chi connectivity index (χ2n) is 11.1. The maximum Gasteiger partial charge on any atom is 0.271 e. The minimum absolute atomic E-state index is 0.0315. The molecule has 44 heavy (non-hydrogen) atoms. The Morgan fingerprint density at radius 1 is 0.864 bits per heavy atom. The highest BCUT2D eigenvalue weighted by Crippen LogP contribution is 2.41. The van der Waals surface area contributed by atoms with Gasteiger partial charge in [0.15, 0.2) is 4.80 Å². The number of nitrogens with zero attached hydrogens (tertiary/aromatic N) is 2. The Bertz CT molecular complexity index is 2280. The summed E-state index contributed by atoms with van der Waals surface area (Å²) >= 11 is 5.02. The highest BCUT2D eigenvalue weighted by atomic mass is 79.9. The van der Waals surface area contributed by atoms with Crippen molar-refractivity contribution in [2.45, 2.75) is 25.5 Å². The fourth-order valence-electron chi connectivity index (χ4n) is 6.41. The Hall–Kier alpha value is -4.52. The van der Waals surface area contributed by atoms with Gasteiger partial charge in [0.05, 0.1) is 16.3 Å². The van der Waals surface area contributed by atoms with Crippen LogP contribution in [0.15, 0.2) is 135 Å². The van der Waals surface area contributed by atoms with Crippen LogP contribution >= 0.6 is 27.3 Å². The lowest BCUT2D eigenvalue weighted by atomic mass is 9.83. The molecule has 0 bridgehead atoms. The van der Waals surface area contributed by atoms with E-state index in [1.54, 1.807) is 0 Å². The van der Waals surface area contributed by atoms with Crippen LogP contribution < -0.4 is 19.6 Å². The molecule has 2 heterocycles. The first-order valence-electron chi connectivity index (χ1n) is 14.7. The van der Waals surface area contributed by atoms with Gasteiger partial charge in [-0.2, -0.15) is 0 Å². The van der Waals surface area contributed by atoms with E-state index in [2.05, 4.69) is 94.8 Å². The molecule has 0 radical (unpaired) electrons. The number of hydrogen-bond donors (Lipinski definition) is 0. The molecule has 0 saturated carbocycles. The van der Waals surface area contributed by atoms with Crippen molar-refractivity contribution < 1.29 is 4.74 Å². The number of benzene rings is 5. The number of halogens is 1. The highest BCUT2D eigenvalue weighted by molar-refractivity contribution is 9.10. The molecule has 1 atom stereocenters. The summed E-state index contributed by atoms with van der Waals surface area (Å²) in [5.74, 6) is 0.740. The Balaban J connectivity index is 1.23. The maximum atomic E-state index is 14.2. The first-order valence-corrected chi connectivity index (χ1v) is 16.3. The van der Waals surface area contributed by atoms with Gasteiger partial charge in [-0.1, -0.05) is 124 Å². The fraction of sp³-hybridized carbons (Fsp3) is 0.105. The van der Waals surface area contributed by atoms with Crippen LogP contribution in [0.3, 0.4) is 0 Å². The molecular weight excluding hydrogens is 628 g/mol. The van der Waals surface area contributed by atoms with Crippen LogP contribution in [-0.2, 0) is 13.0 Å². The Kier molecular flexibility index (Phi) is 6.89. The third-order valence-electron chi connectivity index (χ3n) is 8.53. The minimum atomic E-state index is -0.206. The zero-order valence-electron chi connectivity index (χ0n) is 23.7. The van der Waals surface area contributed by atoms with Crippen molar-refractivity contribution in [2.75, 3.05) is 0 Å². The molecule has 0 N–H and O–H groups in total. The van der Waals surface area contributed by atoms with E-state index < -0.39 is 0 Å². The van der Waals surface area contributed by atoms with Crippen molar-refractivity contribution in [3.05, 3.63) is 173 Å². The smallest absolute Gasteiger partial charge is 0.271 e. The van der Waals surface area contributed by atoms with Crippen LogP contribution in [0.5, 0.6) is 5.75 Å². The van der Waals surface area contributed by atoms with Gasteiger partial charge in [0.2, 0.25) is 0 Å². The van der Waals surface area contributed by atoms with Crippen molar-refractivity contribution >= 4 is 49.8 Å². The average molecular weight is 656 g/mol. The molecule has 1 aromatic heterocycles. The van der Waals surface area contributed by atoms with E-state index in [0.717, 1.165) is 50.3 Å². The van der Waals surface area contributed by atoms with Crippen molar-refractivity contribution in [3.8, 4) is 5.75 Å². The lowest BCUT2D eigenvalue weighted by molar-refractivity contribution is 0.307. The summed E-state index contributed by atoms with van der Waals surface area (Å²) in [6.45, 7) is 0.434. The summed E-state index contributed by atoms with van der Waals surface area (Å²) in [5, 5.41) is 2.37. The van der Waals surface area contributed by atoms with E-state index in [4.69, 9.17) is 9.73 Å². The first kappa shape index (κ1) is 27.1. The van der Waals surface area contributed by atoms with Gasteiger partial charge in [0.1, 0.15) is 12.4 Å². The summed E-state index contributed by atoms with van der Waals surface area (Å²) in [6, 6.07) is 39.2. The summed E-state index contributed by atoms with van der Waals surface area (Å²) in [7, 11) is 0. The van der Waals surface area contributed by atoms with Crippen molar-refractivity contribution in [1.29, 1.82) is 0 Å². The Labute approximate surface area is 267 Å². The van der Waals surface area contributed by atoms with Gasteiger partial charge in [0, 0.05) is 15.6 Å². The van der Waals surface area contributed by atoms with Crippen molar-refractivity contribution in [3.63, 3.8) is 0 Å². The third kappa shape index (κ3) is 4.75. The topological polar surface area (TPSA) is 43.6 Å².